The van der Waals surface area contributed by atoms with Crippen molar-refractivity contribution in [2.45, 2.75) is 20.4 Å². The highest BCUT2D eigenvalue weighted by molar-refractivity contribution is 5.13. The average molecular weight is 134 g/mol. The third-order valence-corrected chi connectivity index (χ3v) is 1.59. The molecular weight excluding hydrogens is 124 g/mol. The molecule has 0 spiro atoms. The van der Waals surface area contributed by atoms with E-state index < -0.39 is 0 Å². The van der Waals surface area contributed by atoms with E-state index in [9.17, 15) is 0 Å². The Balaban J connectivity index is 2.96. The molecule has 0 aliphatic rings. The summed E-state index contributed by atoms with van der Waals surface area (Å²) >= 11 is 0. The zero-order chi connectivity index (χ0) is 7.56. The summed E-state index contributed by atoms with van der Waals surface area (Å²) in [4.78, 5) is 0. The van der Waals surface area contributed by atoms with Crippen LogP contribution in [0.5, 0.6) is 0 Å². The molecule has 10 heavy (non-hydrogen) atoms. The molecule has 52 valence electrons. The Hall–Kier alpha value is -1.23. The van der Waals surface area contributed by atoms with E-state index in [1.807, 2.05) is 24.7 Å². The Bertz CT molecular complexity index is 265. The van der Waals surface area contributed by atoms with Crippen LogP contribution in [-0.2, 0) is 6.54 Å². The van der Waals surface area contributed by atoms with Crippen molar-refractivity contribution < 1.29 is 0 Å². The zero-order valence-electron chi connectivity index (χ0n) is 6.26. The van der Waals surface area contributed by atoms with Crippen LogP contribution in [0.2, 0.25) is 0 Å². The standard InChI is InChI=1S/C8H10N2/c1-4-5-10-8(3)7(2)6-9-10/h1,6H,5H2,2-3H3. The number of aryl methyl sites for hydroxylation is 1. The SMILES string of the molecule is C#CCn1ncc(C)c1C. The van der Waals surface area contributed by atoms with Crippen molar-refractivity contribution in [1.82, 2.24) is 9.78 Å². The van der Waals surface area contributed by atoms with Gasteiger partial charge in [-0.05, 0) is 19.4 Å². The van der Waals surface area contributed by atoms with Crippen molar-refractivity contribution in [3.8, 4) is 12.3 Å². The zero-order valence-corrected chi connectivity index (χ0v) is 6.26. The van der Waals surface area contributed by atoms with Crippen LogP contribution in [-0.4, -0.2) is 9.78 Å². The van der Waals surface area contributed by atoms with Crippen LogP contribution in [0.3, 0.4) is 0 Å². The Labute approximate surface area is 60.9 Å². The lowest BCUT2D eigenvalue weighted by atomic mass is 10.3. The van der Waals surface area contributed by atoms with Gasteiger partial charge in [-0.2, -0.15) is 5.10 Å². The molecule has 2 nitrogen and oxygen atoms in total. The van der Waals surface area contributed by atoms with E-state index in [2.05, 4.69) is 11.0 Å². The van der Waals surface area contributed by atoms with Crippen LogP contribution < -0.4 is 0 Å². The van der Waals surface area contributed by atoms with Gasteiger partial charge < -0.3 is 0 Å². The van der Waals surface area contributed by atoms with Crippen LogP contribution in [0, 0.1) is 26.2 Å². The second kappa shape index (κ2) is 2.57. The van der Waals surface area contributed by atoms with Gasteiger partial charge in [-0.25, -0.2) is 0 Å². The first-order valence-corrected chi connectivity index (χ1v) is 3.18. The molecule has 0 N–H and O–H groups in total. The van der Waals surface area contributed by atoms with Gasteiger partial charge in [0.05, 0.1) is 6.20 Å². The normalized spacial score (nSPS) is 9.30. The first-order valence-electron chi connectivity index (χ1n) is 3.18. The fourth-order valence-corrected chi connectivity index (χ4v) is 0.786. The van der Waals surface area contributed by atoms with Gasteiger partial charge in [0.25, 0.3) is 0 Å². The summed E-state index contributed by atoms with van der Waals surface area (Å²) in [7, 11) is 0. The Morgan fingerprint density at radius 3 is 2.80 bits per heavy atom. The highest BCUT2D eigenvalue weighted by atomic mass is 15.3. The smallest absolute Gasteiger partial charge is 0.102 e. The maximum absolute atomic E-state index is 5.13. The van der Waals surface area contributed by atoms with Crippen molar-refractivity contribution in [2.75, 3.05) is 0 Å². The fourth-order valence-electron chi connectivity index (χ4n) is 0.786. The summed E-state index contributed by atoms with van der Waals surface area (Å²) in [5.41, 5.74) is 2.34. The number of hydrogen-bond donors (Lipinski definition) is 0. The van der Waals surface area contributed by atoms with Gasteiger partial charge in [-0.15, -0.1) is 6.42 Å². The molecule has 2 heteroatoms. The summed E-state index contributed by atoms with van der Waals surface area (Å²) in [6.07, 6.45) is 6.95. The van der Waals surface area contributed by atoms with Gasteiger partial charge in [0, 0.05) is 5.69 Å². The predicted octanol–water partition coefficient (Wildman–Crippen LogP) is 1.13. The maximum Gasteiger partial charge on any atom is 0.102 e. The minimum atomic E-state index is 0.569. The van der Waals surface area contributed by atoms with E-state index in [0.29, 0.717) is 6.54 Å². The summed E-state index contributed by atoms with van der Waals surface area (Å²) in [5.74, 6) is 2.54. The molecule has 1 aromatic rings. The largest absolute Gasteiger partial charge is 0.258 e. The lowest BCUT2D eigenvalue weighted by Gasteiger charge is -1.96. The van der Waals surface area contributed by atoms with Crippen LogP contribution >= 0.6 is 0 Å². The molecule has 1 heterocycles. The summed E-state index contributed by atoms with van der Waals surface area (Å²) < 4.78 is 1.81. The second-order valence-electron chi connectivity index (χ2n) is 2.27. The van der Waals surface area contributed by atoms with E-state index in [1.165, 1.54) is 5.56 Å². The van der Waals surface area contributed by atoms with Gasteiger partial charge in [-0.1, -0.05) is 5.92 Å². The first-order chi connectivity index (χ1) is 4.75. The molecule has 0 radical (unpaired) electrons. The molecule has 0 fully saturated rings. The number of aromatic nitrogens is 2. The van der Waals surface area contributed by atoms with Gasteiger partial charge in [0.2, 0.25) is 0 Å². The van der Waals surface area contributed by atoms with Crippen molar-refractivity contribution in [3.63, 3.8) is 0 Å². The number of nitrogens with zero attached hydrogens (tertiary/aromatic N) is 2. The molecule has 1 aromatic heterocycles. The van der Waals surface area contributed by atoms with Gasteiger partial charge in [0.1, 0.15) is 6.54 Å². The average Bonchev–Trinajstić information content (AvgIpc) is 2.20. The lowest BCUT2D eigenvalue weighted by Crippen LogP contribution is -1.99. The molecule has 0 aliphatic heterocycles. The third kappa shape index (κ3) is 1.03. The van der Waals surface area contributed by atoms with E-state index in [-0.39, 0.29) is 0 Å². The summed E-state index contributed by atoms with van der Waals surface area (Å²) in [5, 5.41) is 4.08. The summed E-state index contributed by atoms with van der Waals surface area (Å²) in [6.45, 7) is 4.61. The Morgan fingerprint density at radius 2 is 2.40 bits per heavy atom. The van der Waals surface area contributed by atoms with Crippen molar-refractivity contribution in [1.29, 1.82) is 0 Å². The van der Waals surface area contributed by atoms with Gasteiger partial charge in [0.15, 0.2) is 0 Å². The van der Waals surface area contributed by atoms with Crippen LogP contribution in [0.15, 0.2) is 6.20 Å². The Morgan fingerprint density at radius 1 is 1.70 bits per heavy atom. The third-order valence-electron chi connectivity index (χ3n) is 1.59. The molecule has 0 atom stereocenters. The number of hydrogen-bond acceptors (Lipinski definition) is 1. The molecule has 0 saturated carbocycles. The van der Waals surface area contributed by atoms with Crippen molar-refractivity contribution in [3.05, 3.63) is 17.5 Å². The van der Waals surface area contributed by atoms with Gasteiger partial charge >= 0.3 is 0 Å². The molecular formula is C8H10N2. The molecule has 0 aromatic carbocycles. The van der Waals surface area contributed by atoms with Crippen LogP contribution in [0.1, 0.15) is 11.3 Å². The summed E-state index contributed by atoms with van der Waals surface area (Å²) in [6, 6.07) is 0. The topological polar surface area (TPSA) is 17.8 Å². The van der Waals surface area contributed by atoms with Gasteiger partial charge in [-0.3, -0.25) is 4.68 Å². The van der Waals surface area contributed by atoms with Crippen LogP contribution in [0.25, 0.3) is 0 Å². The molecule has 0 amide bonds. The first kappa shape index (κ1) is 6.88. The van der Waals surface area contributed by atoms with Crippen LogP contribution in [0.4, 0.5) is 0 Å². The van der Waals surface area contributed by atoms with E-state index >= 15 is 0 Å². The predicted molar refractivity (Wildman–Crippen MR) is 40.5 cm³/mol. The quantitative estimate of drug-likeness (QED) is 0.526. The van der Waals surface area contributed by atoms with E-state index in [0.717, 1.165) is 5.69 Å². The molecule has 0 saturated heterocycles. The van der Waals surface area contributed by atoms with Crippen molar-refractivity contribution >= 4 is 0 Å². The highest BCUT2D eigenvalue weighted by Crippen LogP contribution is 2.03. The second-order valence-corrected chi connectivity index (χ2v) is 2.27. The minimum Gasteiger partial charge on any atom is -0.258 e. The highest BCUT2D eigenvalue weighted by Gasteiger charge is 1.98. The number of terminal acetylenes is 1. The maximum atomic E-state index is 5.13. The minimum absolute atomic E-state index is 0.569. The lowest BCUT2D eigenvalue weighted by molar-refractivity contribution is 0.691. The fraction of sp³-hybridized carbons (Fsp3) is 0.375. The van der Waals surface area contributed by atoms with E-state index in [1.54, 1.807) is 0 Å². The van der Waals surface area contributed by atoms with E-state index in [4.69, 9.17) is 6.42 Å². The molecule has 1 rings (SSSR count). The van der Waals surface area contributed by atoms with Crippen molar-refractivity contribution in [2.24, 2.45) is 0 Å². The Kier molecular flexibility index (Phi) is 1.77. The monoisotopic (exact) mass is 134 g/mol. The molecule has 0 bridgehead atoms. The molecule has 0 aliphatic carbocycles. The number of rotatable bonds is 1. The molecule has 0 unspecified atom stereocenters.